The molecule has 2 nitrogen and oxygen atoms in total. The van der Waals surface area contributed by atoms with Crippen LogP contribution in [0.3, 0.4) is 0 Å². The zero-order chi connectivity index (χ0) is 13.8. The van der Waals surface area contributed by atoms with Gasteiger partial charge in [0.05, 0.1) is 5.02 Å². The molecule has 2 N–H and O–H groups in total. The highest BCUT2D eigenvalue weighted by atomic mass is 35.5. The van der Waals surface area contributed by atoms with Crippen molar-refractivity contribution in [3.63, 3.8) is 0 Å². The van der Waals surface area contributed by atoms with Crippen molar-refractivity contribution in [1.29, 1.82) is 0 Å². The van der Waals surface area contributed by atoms with Gasteiger partial charge in [-0.15, -0.1) is 0 Å². The number of benzene rings is 2. The molecule has 2 aromatic rings. The SMILES string of the molecule is Cc1ccc(OCc2ccc(F)cc2Cl)c(CN)c1. The standard InChI is InChI=1S/C15H15ClFNO/c1-10-2-5-15(12(6-10)8-18)19-9-11-3-4-13(17)7-14(11)16/h2-7H,8-9,18H2,1H3. The maximum absolute atomic E-state index is 12.9. The van der Waals surface area contributed by atoms with E-state index >= 15 is 0 Å². The zero-order valence-corrected chi connectivity index (χ0v) is 11.4. The minimum atomic E-state index is -0.355. The molecule has 0 atom stereocenters. The summed E-state index contributed by atoms with van der Waals surface area (Å²) in [4.78, 5) is 0. The Kier molecular flexibility index (Phi) is 4.40. The third-order valence-electron chi connectivity index (χ3n) is 2.83. The molecule has 19 heavy (non-hydrogen) atoms. The summed E-state index contributed by atoms with van der Waals surface area (Å²) in [6, 6.07) is 10.1. The molecule has 0 aliphatic rings. The van der Waals surface area contributed by atoms with Gasteiger partial charge in [0.15, 0.2) is 0 Å². The Bertz CT molecular complexity index is 586. The average molecular weight is 280 g/mol. The summed E-state index contributed by atoms with van der Waals surface area (Å²) in [5.41, 5.74) is 8.50. The predicted octanol–water partition coefficient (Wildman–Crippen LogP) is 3.83. The smallest absolute Gasteiger partial charge is 0.124 e. The van der Waals surface area contributed by atoms with E-state index in [1.54, 1.807) is 6.07 Å². The summed E-state index contributed by atoms with van der Waals surface area (Å²) in [7, 11) is 0. The molecular formula is C15H15ClFNO. The fraction of sp³-hybridized carbons (Fsp3) is 0.200. The van der Waals surface area contributed by atoms with Gasteiger partial charge in [-0.2, -0.15) is 0 Å². The van der Waals surface area contributed by atoms with E-state index in [0.29, 0.717) is 11.6 Å². The Balaban J connectivity index is 2.14. The quantitative estimate of drug-likeness (QED) is 0.923. The van der Waals surface area contributed by atoms with Crippen molar-refractivity contribution in [3.05, 3.63) is 63.9 Å². The van der Waals surface area contributed by atoms with E-state index in [2.05, 4.69) is 0 Å². The fourth-order valence-electron chi connectivity index (χ4n) is 1.80. The second-order valence-electron chi connectivity index (χ2n) is 4.34. The fourth-order valence-corrected chi connectivity index (χ4v) is 2.02. The third kappa shape index (κ3) is 3.46. The number of rotatable bonds is 4. The molecule has 0 aliphatic heterocycles. The number of hydrogen-bond acceptors (Lipinski definition) is 2. The van der Waals surface area contributed by atoms with Crippen LogP contribution in [-0.4, -0.2) is 0 Å². The molecule has 0 radical (unpaired) electrons. The van der Waals surface area contributed by atoms with Gasteiger partial charge in [0.1, 0.15) is 18.2 Å². The average Bonchev–Trinajstić information content (AvgIpc) is 2.39. The van der Waals surface area contributed by atoms with Crippen molar-refractivity contribution in [3.8, 4) is 5.75 Å². The molecule has 0 amide bonds. The van der Waals surface area contributed by atoms with Crippen LogP contribution in [0.5, 0.6) is 5.75 Å². The molecule has 0 bridgehead atoms. The van der Waals surface area contributed by atoms with Gasteiger partial charge < -0.3 is 10.5 Å². The van der Waals surface area contributed by atoms with Gasteiger partial charge in [-0.1, -0.05) is 35.4 Å². The van der Waals surface area contributed by atoms with Crippen molar-refractivity contribution in [2.24, 2.45) is 5.73 Å². The van der Waals surface area contributed by atoms with E-state index in [1.165, 1.54) is 12.1 Å². The van der Waals surface area contributed by atoms with Crippen molar-refractivity contribution in [1.82, 2.24) is 0 Å². The van der Waals surface area contributed by atoms with Gasteiger partial charge >= 0.3 is 0 Å². The summed E-state index contributed by atoms with van der Waals surface area (Å²) < 4.78 is 18.6. The molecule has 0 aromatic heterocycles. The number of hydrogen-bond donors (Lipinski definition) is 1. The van der Waals surface area contributed by atoms with E-state index in [9.17, 15) is 4.39 Å². The van der Waals surface area contributed by atoms with E-state index in [1.807, 2.05) is 25.1 Å². The summed E-state index contributed by atoms with van der Waals surface area (Å²) in [6.07, 6.45) is 0. The Morgan fingerprint density at radius 1 is 1.16 bits per heavy atom. The van der Waals surface area contributed by atoms with Crippen LogP contribution >= 0.6 is 11.6 Å². The van der Waals surface area contributed by atoms with Crippen LogP contribution in [0.1, 0.15) is 16.7 Å². The number of nitrogens with two attached hydrogens (primary N) is 1. The molecule has 0 heterocycles. The first-order chi connectivity index (χ1) is 9.10. The third-order valence-corrected chi connectivity index (χ3v) is 3.19. The summed E-state index contributed by atoms with van der Waals surface area (Å²) >= 11 is 5.95. The van der Waals surface area contributed by atoms with Crippen molar-refractivity contribution in [2.45, 2.75) is 20.1 Å². The molecular weight excluding hydrogens is 265 g/mol. The van der Waals surface area contributed by atoms with E-state index in [0.717, 1.165) is 22.4 Å². The van der Waals surface area contributed by atoms with Crippen LogP contribution in [-0.2, 0) is 13.2 Å². The van der Waals surface area contributed by atoms with Gasteiger partial charge in [-0.25, -0.2) is 4.39 Å². The van der Waals surface area contributed by atoms with Crippen LogP contribution < -0.4 is 10.5 Å². The molecule has 0 saturated carbocycles. The largest absolute Gasteiger partial charge is 0.489 e. The van der Waals surface area contributed by atoms with E-state index in [-0.39, 0.29) is 12.4 Å². The van der Waals surface area contributed by atoms with Crippen LogP contribution in [0, 0.1) is 12.7 Å². The Morgan fingerprint density at radius 2 is 1.95 bits per heavy atom. The van der Waals surface area contributed by atoms with E-state index in [4.69, 9.17) is 22.1 Å². The highest BCUT2D eigenvalue weighted by Gasteiger charge is 2.06. The van der Waals surface area contributed by atoms with E-state index < -0.39 is 0 Å². The lowest BCUT2D eigenvalue weighted by atomic mass is 10.1. The highest BCUT2D eigenvalue weighted by Crippen LogP contribution is 2.23. The van der Waals surface area contributed by atoms with Crippen LogP contribution in [0.2, 0.25) is 5.02 Å². The van der Waals surface area contributed by atoms with Gasteiger partial charge in [0, 0.05) is 17.7 Å². The topological polar surface area (TPSA) is 35.2 Å². The number of halogens is 2. The first-order valence-electron chi connectivity index (χ1n) is 5.96. The van der Waals surface area contributed by atoms with Gasteiger partial charge in [-0.3, -0.25) is 0 Å². The monoisotopic (exact) mass is 279 g/mol. The highest BCUT2D eigenvalue weighted by molar-refractivity contribution is 6.31. The van der Waals surface area contributed by atoms with Crippen LogP contribution in [0.15, 0.2) is 36.4 Å². The molecule has 100 valence electrons. The minimum Gasteiger partial charge on any atom is -0.489 e. The molecule has 0 saturated heterocycles. The summed E-state index contributed by atoms with van der Waals surface area (Å²) in [5, 5.41) is 0.362. The molecule has 4 heteroatoms. The lowest BCUT2D eigenvalue weighted by molar-refractivity contribution is 0.303. The molecule has 0 aliphatic carbocycles. The van der Waals surface area contributed by atoms with Crippen molar-refractivity contribution >= 4 is 11.6 Å². The van der Waals surface area contributed by atoms with Gasteiger partial charge in [-0.05, 0) is 25.1 Å². The lowest BCUT2D eigenvalue weighted by Gasteiger charge is -2.12. The molecule has 2 aromatic carbocycles. The summed E-state index contributed by atoms with van der Waals surface area (Å²) in [6.45, 7) is 2.70. The first-order valence-corrected chi connectivity index (χ1v) is 6.34. The molecule has 0 fully saturated rings. The molecule has 2 rings (SSSR count). The maximum atomic E-state index is 12.9. The normalized spacial score (nSPS) is 10.5. The van der Waals surface area contributed by atoms with Crippen LogP contribution in [0.25, 0.3) is 0 Å². The first kappa shape index (κ1) is 13.8. The van der Waals surface area contributed by atoms with Gasteiger partial charge in [0.2, 0.25) is 0 Å². The second-order valence-corrected chi connectivity index (χ2v) is 4.75. The molecule has 0 unspecified atom stereocenters. The van der Waals surface area contributed by atoms with Crippen molar-refractivity contribution < 1.29 is 9.13 Å². The lowest BCUT2D eigenvalue weighted by Crippen LogP contribution is -2.03. The minimum absolute atomic E-state index is 0.287. The van der Waals surface area contributed by atoms with Gasteiger partial charge in [0.25, 0.3) is 0 Å². The number of ether oxygens (including phenoxy) is 1. The summed E-state index contributed by atoms with van der Waals surface area (Å²) in [5.74, 6) is 0.375. The van der Waals surface area contributed by atoms with Crippen LogP contribution in [0.4, 0.5) is 4.39 Å². The Labute approximate surface area is 117 Å². The second kappa shape index (κ2) is 6.04. The zero-order valence-electron chi connectivity index (χ0n) is 10.6. The maximum Gasteiger partial charge on any atom is 0.124 e. The Hall–Kier alpha value is -1.58. The Morgan fingerprint density at radius 3 is 2.63 bits per heavy atom. The predicted molar refractivity (Wildman–Crippen MR) is 74.8 cm³/mol. The van der Waals surface area contributed by atoms with Crippen molar-refractivity contribution in [2.75, 3.05) is 0 Å². The number of aryl methyl sites for hydroxylation is 1. The molecule has 0 spiro atoms.